The molecule has 2 rings (SSSR count). The number of nitrogens with zero attached hydrogens (tertiary/aromatic N) is 1. The average molecular weight is 305 g/mol. The highest BCUT2D eigenvalue weighted by Crippen LogP contribution is 2.49. The molecule has 4 heteroatoms. The standard InChI is InChI=1S/C18H27NO3/c1-6-8-14(17(20)21)19-16-13(9-7-10-15(16)22-5)12(2)11-18(19,3)4/h7,9-10,12,14H,6,8,11H2,1-5H3,(H,20,21)/t12-,14-/m1/s1. The van der Waals surface area contributed by atoms with Crippen molar-refractivity contribution in [2.75, 3.05) is 12.0 Å². The lowest BCUT2D eigenvalue weighted by atomic mass is 9.78. The van der Waals surface area contributed by atoms with E-state index in [9.17, 15) is 9.90 Å². The molecule has 1 aliphatic heterocycles. The van der Waals surface area contributed by atoms with E-state index in [0.29, 0.717) is 12.3 Å². The largest absolute Gasteiger partial charge is 0.495 e. The van der Waals surface area contributed by atoms with E-state index >= 15 is 0 Å². The van der Waals surface area contributed by atoms with Crippen molar-refractivity contribution in [2.24, 2.45) is 0 Å². The molecule has 0 aromatic heterocycles. The summed E-state index contributed by atoms with van der Waals surface area (Å²) >= 11 is 0. The van der Waals surface area contributed by atoms with Gasteiger partial charge in [-0.05, 0) is 44.2 Å². The van der Waals surface area contributed by atoms with Gasteiger partial charge in [0.2, 0.25) is 0 Å². The van der Waals surface area contributed by atoms with Crippen molar-refractivity contribution in [1.29, 1.82) is 0 Å². The van der Waals surface area contributed by atoms with E-state index in [-0.39, 0.29) is 5.54 Å². The second-order valence-electron chi connectivity index (χ2n) is 6.83. The summed E-state index contributed by atoms with van der Waals surface area (Å²) in [6.45, 7) is 8.49. The second-order valence-corrected chi connectivity index (χ2v) is 6.83. The Balaban J connectivity index is 2.65. The Bertz CT molecular complexity index is 553. The highest BCUT2D eigenvalue weighted by molar-refractivity contribution is 5.82. The molecule has 1 heterocycles. The number of methoxy groups -OCH3 is 1. The molecule has 1 aromatic carbocycles. The third kappa shape index (κ3) is 2.79. The zero-order valence-corrected chi connectivity index (χ0v) is 14.2. The number of carboxylic acids is 1. The van der Waals surface area contributed by atoms with Crippen LogP contribution in [0.1, 0.15) is 58.4 Å². The van der Waals surface area contributed by atoms with Gasteiger partial charge in [-0.1, -0.05) is 32.4 Å². The predicted octanol–water partition coefficient (Wildman–Crippen LogP) is 4.04. The normalized spacial score (nSPS) is 21.1. The van der Waals surface area contributed by atoms with Gasteiger partial charge in [0.15, 0.2) is 0 Å². The number of anilines is 1. The van der Waals surface area contributed by atoms with Crippen LogP contribution in [0.25, 0.3) is 0 Å². The van der Waals surface area contributed by atoms with Crippen molar-refractivity contribution in [3.63, 3.8) is 0 Å². The molecule has 0 radical (unpaired) electrons. The zero-order valence-electron chi connectivity index (χ0n) is 14.2. The Hall–Kier alpha value is -1.71. The minimum Gasteiger partial charge on any atom is -0.495 e. The molecule has 0 spiro atoms. The van der Waals surface area contributed by atoms with Crippen LogP contribution in [0.5, 0.6) is 5.75 Å². The number of hydrogen-bond acceptors (Lipinski definition) is 3. The minimum absolute atomic E-state index is 0.223. The van der Waals surface area contributed by atoms with Gasteiger partial charge in [-0.25, -0.2) is 4.79 Å². The zero-order chi connectivity index (χ0) is 16.5. The Morgan fingerprint density at radius 2 is 2.18 bits per heavy atom. The van der Waals surface area contributed by atoms with Gasteiger partial charge in [0.05, 0.1) is 12.8 Å². The summed E-state index contributed by atoms with van der Waals surface area (Å²) in [7, 11) is 1.65. The Morgan fingerprint density at radius 3 is 2.73 bits per heavy atom. The highest BCUT2D eigenvalue weighted by Gasteiger charge is 2.43. The van der Waals surface area contributed by atoms with Crippen molar-refractivity contribution in [3.8, 4) is 5.75 Å². The van der Waals surface area contributed by atoms with Gasteiger partial charge in [0.1, 0.15) is 11.8 Å². The fourth-order valence-electron chi connectivity index (χ4n) is 3.83. The summed E-state index contributed by atoms with van der Waals surface area (Å²) in [5, 5.41) is 9.76. The van der Waals surface area contributed by atoms with E-state index in [2.05, 4.69) is 31.7 Å². The first-order valence-electron chi connectivity index (χ1n) is 8.02. The molecule has 22 heavy (non-hydrogen) atoms. The molecule has 4 nitrogen and oxygen atoms in total. The van der Waals surface area contributed by atoms with Crippen LogP contribution in [-0.4, -0.2) is 29.8 Å². The fraction of sp³-hybridized carbons (Fsp3) is 0.611. The Morgan fingerprint density at radius 1 is 1.50 bits per heavy atom. The topological polar surface area (TPSA) is 49.8 Å². The molecule has 0 fully saturated rings. The van der Waals surface area contributed by atoms with Crippen molar-refractivity contribution in [3.05, 3.63) is 23.8 Å². The quantitative estimate of drug-likeness (QED) is 0.892. The van der Waals surface area contributed by atoms with Crippen LogP contribution in [-0.2, 0) is 4.79 Å². The maximum absolute atomic E-state index is 11.9. The molecular weight excluding hydrogens is 278 g/mol. The van der Waals surface area contributed by atoms with Crippen LogP contribution >= 0.6 is 0 Å². The first-order chi connectivity index (χ1) is 10.3. The first-order valence-corrected chi connectivity index (χ1v) is 8.02. The van der Waals surface area contributed by atoms with Crippen molar-refractivity contribution in [2.45, 2.75) is 64.5 Å². The van der Waals surface area contributed by atoms with Crippen molar-refractivity contribution in [1.82, 2.24) is 0 Å². The van der Waals surface area contributed by atoms with Gasteiger partial charge in [0.25, 0.3) is 0 Å². The van der Waals surface area contributed by atoms with Crippen LogP contribution in [0, 0.1) is 0 Å². The van der Waals surface area contributed by atoms with E-state index in [4.69, 9.17) is 4.74 Å². The van der Waals surface area contributed by atoms with Crippen LogP contribution < -0.4 is 9.64 Å². The second kappa shape index (κ2) is 6.19. The number of fused-ring (bicyclic) bond motifs is 1. The van der Waals surface area contributed by atoms with E-state index in [1.807, 2.05) is 19.1 Å². The van der Waals surface area contributed by atoms with E-state index < -0.39 is 12.0 Å². The van der Waals surface area contributed by atoms with Crippen molar-refractivity contribution >= 4 is 11.7 Å². The van der Waals surface area contributed by atoms with E-state index in [1.165, 1.54) is 5.56 Å². The molecule has 0 amide bonds. The predicted molar refractivity (Wildman–Crippen MR) is 88.9 cm³/mol. The lowest BCUT2D eigenvalue weighted by molar-refractivity contribution is -0.139. The lowest BCUT2D eigenvalue weighted by Gasteiger charge is -2.50. The summed E-state index contributed by atoms with van der Waals surface area (Å²) in [4.78, 5) is 14.0. The van der Waals surface area contributed by atoms with Gasteiger partial charge in [0, 0.05) is 5.54 Å². The molecular formula is C18H27NO3. The van der Waals surface area contributed by atoms with Crippen LogP contribution in [0.15, 0.2) is 18.2 Å². The molecule has 0 unspecified atom stereocenters. The van der Waals surface area contributed by atoms with E-state index in [0.717, 1.165) is 24.3 Å². The highest BCUT2D eigenvalue weighted by atomic mass is 16.5. The number of carbonyl (C=O) groups is 1. The van der Waals surface area contributed by atoms with Crippen molar-refractivity contribution < 1.29 is 14.6 Å². The Kier molecular flexibility index (Phi) is 4.69. The molecule has 0 bridgehead atoms. The average Bonchev–Trinajstić information content (AvgIpc) is 2.44. The lowest BCUT2D eigenvalue weighted by Crippen LogP contribution is -2.56. The van der Waals surface area contributed by atoms with Gasteiger partial charge >= 0.3 is 5.97 Å². The molecule has 2 atom stereocenters. The van der Waals surface area contributed by atoms with Gasteiger partial charge in [-0.2, -0.15) is 0 Å². The molecule has 1 aliphatic rings. The Labute approximate surface area is 133 Å². The van der Waals surface area contributed by atoms with Crippen LogP contribution in [0.3, 0.4) is 0 Å². The van der Waals surface area contributed by atoms with Gasteiger partial charge in [-0.3, -0.25) is 0 Å². The van der Waals surface area contributed by atoms with Crippen LogP contribution in [0.2, 0.25) is 0 Å². The molecule has 1 aromatic rings. The number of para-hydroxylation sites is 1. The minimum atomic E-state index is -0.763. The van der Waals surface area contributed by atoms with Gasteiger partial charge < -0.3 is 14.7 Å². The summed E-state index contributed by atoms with van der Waals surface area (Å²) in [5.41, 5.74) is 1.91. The maximum atomic E-state index is 11.9. The number of carboxylic acid groups (broad SMARTS) is 1. The maximum Gasteiger partial charge on any atom is 0.326 e. The summed E-state index contributed by atoms with van der Waals surface area (Å²) < 4.78 is 5.56. The van der Waals surface area contributed by atoms with E-state index in [1.54, 1.807) is 7.11 Å². The number of hydrogen-bond donors (Lipinski definition) is 1. The molecule has 0 saturated carbocycles. The first kappa shape index (κ1) is 16.7. The van der Waals surface area contributed by atoms with Crippen LogP contribution in [0.4, 0.5) is 5.69 Å². The summed E-state index contributed by atoms with van der Waals surface area (Å²) in [6.07, 6.45) is 2.40. The number of benzene rings is 1. The summed E-state index contributed by atoms with van der Waals surface area (Å²) in [5.74, 6) is 0.383. The SMILES string of the molecule is CCC[C@H](C(=O)O)N1c2c(OC)cccc2[C@H](C)CC1(C)C. The third-order valence-electron chi connectivity index (χ3n) is 4.64. The third-order valence-corrected chi connectivity index (χ3v) is 4.64. The number of aliphatic carboxylic acids is 1. The molecule has 0 saturated heterocycles. The molecule has 0 aliphatic carbocycles. The molecule has 122 valence electrons. The van der Waals surface area contributed by atoms with Gasteiger partial charge in [-0.15, -0.1) is 0 Å². The summed E-state index contributed by atoms with van der Waals surface area (Å²) in [6, 6.07) is 5.48. The molecule has 1 N–H and O–H groups in total. The number of rotatable bonds is 5. The number of ether oxygens (including phenoxy) is 1. The smallest absolute Gasteiger partial charge is 0.326 e. The monoisotopic (exact) mass is 305 g/mol. The fourth-order valence-corrected chi connectivity index (χ4v) is 3.83.